The minimum atomic E-state index is -1.34. The summed E-state index contributed by atoms with van der Waals surface area (Å²) in [5, 5.41) is 31.9. The van der Waals surface area contributed by atoms with E-state index in [-0.39, 0.29) is 5.92 Å². The van der Waals surface area contributed by atoms with Crippen LogP contribution in [0.3, 0.4) is 0 Å². The molecule has 0 aliphatic rings. The first-order valence-electron chi connectivity index (χ1n) is 7.03. The molecule has 7 N–H and O–H groups in total. The number of hydrogen-bond donors (Lipinski definition) is 6. The molecule has 0 fully saturated rings. The SMILES string of the molecule is CCC(C)C(NC(=O)C(CO)NC(=O)C(N)C(C)O)C(=O)O. The van der Waals surface area contributed by atoms with E-state index in [9.17, 15) is 24.6 Å². The molecule has 128 valence electrons. The number of carboxylic acids is 1. The van der Waals surface area contributed by atoms with Crippen LogP contribution in [0.1, 0.15) is 27.2 Å². The molecule has 0 saturated heterocycles. The Hall–Kier alpha value is -1.71. The van der Waals surface area contributed by atoms with Crippen molar-refractivity contribution in [2.24, 2.45) is 11.7 Å². The summed E-state index contributed by atoms with van der Waals surface area (Å²) in [4.78, 5) is 34.8. The van der Waals surface area contributed by atoms with Gasteiger partial charge in [0.15, 0.2) is 0 Å². The Labute approximate surface area is 128 Å². The molecule has 2 amide bonds. The van der Waals surface area contributed by atoms with Crippen molar-refractivity contribution in [1.82, 2.24) is 10.6 Å². The summed E-state index contributed by atoms with van der Waals surface area (Å²) in [5.41, 5.74) is 5.41. The van der Waals surface area contributed by atoms with E-state index in [1.807, 2.05) is 0 Å². The highest BCUT2D eigenvalue weighted by Crippen LogP contribution is 2.08. The van der Waals surface area contributed by atoms with Gasteiger partial charge in [0, 0.05) is 0 Å². The lowest BCUT2D eigenvalue weighted by atomic mass is 9.99. The molecule has 0 heterocycles. The molecule has 0 aliphatic carbocycles. The average molecular weight is 319 g/mol. The fraction of sp³-hybridized carbons (Fsp3) is 0.769. The molecule has 0 aromatic rings. The fourth-order valence-electron chi connectivity index (χ4n) is 1.62. The summed E-state index contributed by atoms with van der Waals surface area (Å²) in [6.07, 6.45) is -0.602. The molecule has 22 heavy (non-hydrogen) atoms. The molecule has 0 bridgehead atoms. The number of carbonyl (C=O) groups excluding carboxylic acids is 2. The van der Waals surface area contributed by atoms with Crippen molar-refractivity contribution < 1.29 is 29.7 Å². The van der Waals surface area contributed by atoms with Crippen LogP contribution in [0, 0.1) is 5.92 Å². The zero-order valence-corrected chi connectivity index (χ0v) is 12.9. The molecule has 5 atom stereocenters. The third-order valence-electron chi connectivity index (χ3n) is 3.41. The van der Waals surface area contributed by atoms with Crippen LogP contribution in [0.5, 0.6) is 0 Å². The van der Waals surface area contributed by atoms with Crippen molar-refractivity contribution in [3.8, 4) is 0 Å². The number of rotatable bonds is 9. The Balaban J connectivity index is 4.84. The maximum absolute atomic E-state index is 12.0. The zero-order chi connectivity index (χ0) is 17.4. The number of aliphatic hydroxyl groups excluding tert-OH is 2. The first-order valence-corrected chi connectivity index (χ1v) is 7.03. The van der Waals surface area contributed by atoms with E-state index in [1.165, 1.54) is 6.92 Å². The van der Waals surface area contributed by atoms with Crippen LogP contribution in [0.4, 0.5) is 0 Å². The highest BCUT2D eigenvalue weighted by atomic mass is 16.4. The van der Waals surface area contributed by atoms with Crippen LogP contribution in [0.25, 0.3) is 0 Å². The lowest BCUT2D eigenvalue weighted by molar-refractivity contribution is -0.144. The lowest BCUT2D eigenvalue weighted by Gasteiger charge is -2.24. The Morgan fingerprint density at radius 3 is 2.05 bits per heavy atom. The number of hydrogen-bond acceptors (Lipinski definition) is 6. The second-order valence-electron chi connectivity index (χ2n) is 5.22. The second-order valence-corrected chi connectivity index (χ2v) is 5.22. The molecule has 0 aliphatic heterocycles. The molecule has 9 nitrogen and oxygen atoms in total. The summed E-state index contributed by atoms with van der Waals surface area (Å²) in [5.74, 6) is -3.18. The van der Waals surface area contributed by atoms with Crippen LogP contribution in [0.2, 0.25) is 0 Å². The van der Waals surface area contributed by atoms with E-state index < -0.39 is 48.6 Å². The highest BCUT2D eigenvalue weighted by molar-refractivity contribution is 5.92. The molecule has 0 radical (unpaired) electrons. The van der Waals surface area contributed by atoms with Crippen LogP contribution in [-0.2, 0) is 14.4 Å². The summed E-state index contributed by atoms with van der Waals surface area (Å²) in [6, 6.07) is -3.73. The minimum absolute atomic E-state index is 0.323. The smallest absolute Gasteiger partial charge is 0.326 e. The predicted molar refractivity (Wildman–Crippen MR) is 77.7 cm³/mol. The van der Waals surface area contributed by atoms with E-state index in [0.717, 1.165) is 0 Å². The summed E-state index contributed by atoms with van der Waals surface area (Å²) < 4.78 is 0. The van der Waals surface area contributed by atoms with Crippen LogP contribution >= 0.6 is 0 Å². The minimum Gasteiger partial charge on any atom is -0.480 e. The number of aliphatic hydroxyl groups is 2. The summed E-state index contributed by atoms with van der Waals surface area (Å²) >= 11 is 0. The molecule has 0 aromatic carbocycles. The number of nitrogens with two attached hydrogens (primary N) is 1. The zero-order valence-electron chi connectivity index (χ0n) is 12.9. The van der Waals surface area contributed by atoms with Crippen LogP contribution in [-0.4, -0.2) is 63.9 Å². The third kappa shape index (κ3) is 5.96. The first-order chi connectivity index (χ1) is 10.1. The van der Waals surface area contributed by atoms with Crippen molar-refractivity contribution >= 4 is 17.8 Å². The van der Waals surface area contributed by atoms with E-state index in [4.69, 9.17) is 10.8 Å². The predicted octanol–water partition coefficient (Wildman–Crippen LogP) is -2.21. The summed E-state index contributed by atoms with van der Waals surface area (Å²) in [7, 11) is 0. The Bertz CT molecular complexity index is 401. The number of amides is 2. The number of carboxylic acid groups (broad SMARTS) is 1. The number of nitrogens with one attached hydrogen (secondary N) is 2. The average Bonchev–Trinajstić information content (AvgIpc) is 2.47. The first kappa shape index (κ1) is 20.3. The van der Waals surface area contributed by atoms with Gasteiger partial charge in [0.05, 0.1) is 12.7 Å². The maximum atomic E-state index is 12.0. The molecule has 0 saturated carbocycles. The van der Waals surface area contributed by atoms with Gasteiger partial charge in [-0.15, -0.1) is 0 Å². The normalized spacial score (nSPS) is 17.7. The highest BCUT2D eigenvalue weighted by Gasteiger charge is 2.30. The summed E-state index contributed by atoms with van der Waals surface area (Å²) in [6.45, 7) is 4.02. The van der Waals surface area contributed by atoms with E-state index in [2.05, 4.69) is 10.6 Å². The quantitative estimate of drug-likeness (QED) is 0.280. The molecule has 0 rings (SSSR count). The van der Waals surface area contributed by atoms with Crippen LogP contribution < -0.4 is 16.4 Å². The van der Waals surface area contributed by atoms with Gasteiger partial charge < -0.3 is 31.7 Å². The molecule has 0 aromatic heterocycles. The number of carbonyl (C=O) groups is 3. The van der Waals surface area contributed by atoms with Crippen molar-refractivity contribution in [1.29, 1.82) is 0 Å². The van der Waals surface area contributed by atoms with Gasteiger partial charge in [-0.2, -0.15) is 0 Å². The lowest BCUT2D eigenvalue weighted by Crippen LogP contribution is -2.58. The molecule has 5 unspecified atom stereocenters. The Kier molecular flexibility index (Phi) is 8.61. The van der Waals surface area contributed by atoms with E-state index >= 15 is 0 Å². The standard InChI is InChI=1S/C13H25N3O6/c1-4-6(2)10(13(21)22)16-11(19)8(5-17)15-12(20)9(14)7(3)18/h6-10,17-18H,4-5,14H2,1-3H3,(H,15,20)(H,16,19)(H,21,22). The second kappa shape index (κ2) is 9.34. The van der Waals surface area contributed by atoms with Gasteiger partial charge >= 0.3 is 5.97 Å². The number of aliphatic carboxylic acids is 1. The molecular formula is C13H25N3O6. The van der Waals surface area contributed by atoms with Crippen LogP contribution in [0.15, 0.2) is 0 Å². The molecular weight excluding hydrogens is 294 g/mol. The third-order valence-corrected chi connectivity index (χ3v) is 3.41. The maximum Gasteiger partial charge on any atom is 0.326 e. The van der Waals surface area contributed by atoms with Gasteiger partial charge in [0.2, 0.25) is 11.8 Å². The van der Waals surface area contributed by atoms with Gasteiger partial charge in [0.25, 0.3) is 0 Å². The van der Waals surface area contributed by atoms with Crippen molar-refractivity contribution in [2.75, 3.05) is 6.61 Å². The van der Waals surface area contributed by atoms with E-state index in [1.54, 1.807) is 13.8 Å². The fourth-order valence-corrected chi connectivity index (χ4v) is 1.62. The Morgan fingerprint density at radius 1 is 1.14 bits per heavy atom. The van der Waals surface area contributed by atoms with Gasteiger partial charge in [-0.1, -0.05) is 20.3 Å². The van der Waals surface area contributed by atoms with Crippen molar-refractivity contribution in [3.63, 3.8) is 0 Å². The molecule has 9 heteroatoms. The van der Waals surface area contributed by atoms with Gasteiger partial charge in [-0.25, -0.2) is 4.79 Å². The van der Waals surface area contributed by atoms with Gasteiger partial charge in [-0.05, 0) is 12.8 Å². The van der Waals surface area contributed by atoms with Crippen molar-refractivity contribution in [2.45, 2.75) is 51.4 Å². The Morgan fingerprint density at radius 2 is 1.68 bits per heavy atom. The van der Waals surface area contributed by atoms with Gasteiger partial charge in [0.1, 0.15) is 18.1 Å². The topological polar surface area (TPSA) is 162 Å². The van der Waals surface area contributed by atoms with E-state index in [0.29, 0.717) is 6.42 Å². The van der Waals surface area contributed by atoms with Crippen molar-refractivity contribution in [3.05, 3.63) is 0 Å². The monoisotopic (exact) mass is 319 g/mol. The molecule has 0 spiro atoms. The largest absolute Gasteiger partial charge is 0.480 e. The van der Waals surface area contributed by atoms with Gasteiger partial charge in [-0.3, -0.25) is 9.59 Å².